The van der Waals surface area contributed by atoms with Crippen LogP contribution in [0.5, 0.6) is 5.75 Å². The molecule has 2 saturated heterocycles. The van der Waals surface area contributed by atoms with Crippen molar-refractivity contribution in [1.29, 1.82) is 5.26 Å². The molecule has 0 spiro atoms. The molecule has 3 aliphatic rings. The van der Waals surface area contributed by atoms with Crippen LogP contribution in [0.2, 0.25) is 0 Å². The Labute approximate surface area is 197 Å². The van der Waals surface area contributed by atoms with E-state index in [1.807, 2.05) is 6.07 Å². The summed E-state index contributed by atoms with van der Waals surface area (Å²) in [7, 11) is 0. The van der Waals surface area contributed by atoms with Crippen LogP contribution in [0.3, 0.4) is 0 Å². The van der Waals surface area contributed by atoms with Crippen LogP contribution < -0.4 is 10.2 Å². The van der Waals surface area contributed by atoms with Crippen molar-refractivity contribution in [2.45, 2.75) is 75.5 Å². The molecule has 2 aromatic heterocycles. The number of phenols is 1. The van der Waals surface area contributed by atoms with Crippen molar-refractivity contribution in [2.75, 3.05) is 4.90 Å². The summed E-state index contributed by atoms with van der Waals surface area (Å²) in [5.74, 6) is 1.20. The Balaban J connectivity index is 1.25. The van der Waals surface area contributed by atoms with Crippen molar-refractivity contribution in [3.63, 3.8) is 0 Å². The third kappa shape index (κ3) is 3.86. The van der Waals surface area contributed by atoms with Gasteiger partial charge < -0.3 is 15.3 Å². The lowest BCUT2D eigenvalue weighted by Crippen LogP contribution is -2.61. The van der Waals surface area contributed by atoms with E-state index in [1.54, 1.807) is 24.4 Å². The molecule has 2 N–H and O–H groups in total. The Morgan fingerprint density at radius 3 is 2.76 bits per heavy atom. The van der Waals surface area contributed by atoms with Gasteiger partial charge in [0, 0.05) is 29.7 Å². The summed E-state index contributed by atoms with van der Waals surface area (Å²) in [5, 5.41) is 40.0. The molecule has 10 heteroatoms. The SMILES string of the molecule is C[C@@]12CCC[C@@H](C[C@H](N(c3cnc(-c4ccc(-n5cc(C#N)nn5)cc4O)nn3)C3CC3)C1)N2. The first-order chi connectivity index (χ1) is 16.5. The lowest BCUT2D eigenvalue weighted by atomic mass is 9.75. The number of phenolic OH excluding ortho intramolecular Hbond substituents is 1. The van der Waals surface area contributed by atoms with Gasteiger partial charge in [0.05, 0.1) is 23.6 Å². The topological polar surface area (TPSA) is 129 Å². The molecular weight excluding hydrogens is 430 g/mol. The van der Waals surface area contributed by atoms with Crippen LogP contribution >= 0.6 is 0 Å². The monoisotopic (exact) mass is 457 g/mol. The molecule has 1 aromatic carbocycles. The van der Waals surface area contributed by atoms with Gasteiger partial charge >= 0.3 is 0 Å². The molecule has 34 heavy (non-hydrogen) atoms. The highest BCUT2D eigenvalue weighted by atomic mass is 16.3. The van der Waals surface area contributed by atoms with E-state index in [4.69, 9.17) is 5.26 Å². The minimum absolute atomic E-state index is 0.0132. The lowest BCUT2D eigenvalue weighted by molar-refractivity contribution is 0.138. The highest BCUT2D eigenvalue weighted by Gasteiger charge is 2.45. The fourth-order valence-corrected chi connectivity index (χ4v) is 5.69. The molecule has 10 nitrogen and oxygen atoms in total. The molecule has 2 bridgehead atoms. The van der Waals surface area contributed by atoms with E-state index < -0.39 is 0 Å². The number of aromatic nitrogens is 6. The number of benzene rings is 1. The lowest BCUT2D eigenvalue weighted by Gasteiger charge is -2.50. The maximum absolute atomic E-state index is 10.6. The van der Waals surface area contributed by atoms with Gasteiger partial charge in [-0.15, -0.1) is 15.3 Å². The maximum Gasteiger partial charge on any atom is 0.185 e. The molecule has 0 unspecified atom stereocenters. The van der Waals surface area contributed by atoms with Crippen molar-refractivity contribution in [1.82, 2.24) is 35.5 Å². The maximum atomic E-state index is 10.6. The van der Waals surface area contributed by atoms with Crippen molar-refractivity contribution < 1.29 is 5.11 Å². The molecule has 1 aliphatic carbocycles. The average Bonchev–Trinajstić information content (AvgIpc) is 3.53. The van der Waals surface area contributed by atoms with Crippen LogP contribution in [0.4, 0.5) is 5.82 Å². The summed E-state index contributed by atoms with van der Waals surface area (Å²) in [4.78, 5) is 7.04. The Bertz CT molecular complexity index is 1250. The number of hydrogen-bond acceptors (Lipinski definition) is 9. The summed E-state index contributed by atoms with van der Waals surface area (Å²) < 4.78 is 1.44. The van der Waals surface area contributed by atoms with Crippen LogP contribution in [0, 0.1) is 11.3 Å². The van der Waals surface area contributed by atoms with Crippen molar-refractivity contribution in [3.8, 4) is 28.9 Å². The second-order valence-corrected chi connectivity index (χ2v) is 10.0. The summed E-state index contributed by atoms with van der Waals surface area (Å²) in [5.41, 5.74) is 1.49. The second-order valence-electron chi connectivity index (χ2n) is 10.0. The Morgan fingerprint density at radius 1 is 1.21 bits per heavy atom. The second kappa shape index (κ2) is 8.02. The number of aromatic hydroxyl groups is 1. The zero-order valence-corrected chi connectivity index (χ0v) is 19.1. The van der Waals surface area contributed by atoms with E-state index in [0.717, 1.165) is 18.7 Å². The van der Waals surface area contributed by atoms with Gasteiger partial charge in [0.1, 0.15) is 11.8 Å². The Hall–Kier alpha value is -3.58. The average molecular weight is 458 g/mol. The molecule has 6 rings (SSSR count). The van der Waals surface area contributed by atoms with E-state index in [2.05, 4.69) is 42.6 Å². The van der Waals surface area contributed by atoms with Gasteiger partial charge in [-0.2, -0.15) is 5.26 Å². The molecule has 174 valence electrons. The van der Waals surface area contributed by atoms with Crippen molar-refractivity contribution in [3.05, 3.63) is 36.3 Å². The number of hydrogen-bond donors (Lipinski definition) is 2. The molecule has 4 heterocycles. The summed E-state index contributed by atoms with van der Waals surface area (Å²) in [6.07, 6.45) is 11.7. The van der Waals surface area contributed by atoms with E-state index in [0.29, 0.717) is 35.2 Å². The number of nitrogens with zero attached hydrogens (tertiary/aromatic N) is 8. The smallest absolute Gasteiger partial charge is 0.185 e. The standard InChI is InChI=1S/C24H27N9O/c1-24-8-2-3-15(27-24)9-19(11-24)33(17-4-5-17)22-13-26-23(30-29-22)20-7-6-18(10-21(20)34)32-14-16(12-25)28-31-32/h6-7,10,13-15,17,19,27,34H,2-5,8-9,11H2,1H3/t15-,19-,24+/m0/s1. The van der Waals surface area contributed by atoms with Gasteiger partial charge in [-0.3, -0.25) is 0 Å². The number of rotatable bonds is 5. The molecule has 2 aliphatic heterocycles. The third-order valence-corrected chi connectivity index (χ3v) is 7.32. The Morgan fingerprint density at radius 2 is 2.09 bits per heavy atom. The number of fused-ring (bicyclic) bond motifs is 2. The molecule has 0 radical (unpaired) electrons. The largest absolute Gasteiger partial charge is 0.507 e. The molecule has 3 fully saturated rings. The number of nitrogens with one attached hydrogen (secondary N) is 1. The quantitative estimate of drug-likeness (QED) is 0.594. The molecular formula is C24H27N9O. The van der Waals surface area contributed by atoms with Gasteiger partial charge in [-0.1, -0.05) is 11.6 Å². The predicted octanol–water partition coefficient (Wildman–Crippen LogP) is 2.73. The molecule has 3 aromatic rings. The third-order valence-electron chi connectivity index (χ3n) is 7.32. The summed E-state index contributed by atoms with van der Waals surface area (Å²) in [6.45, 7) is 2.36. The number of anilines is 1. The van der Waals surface area contributed by atoms with E-state index in [9.17, 15) is 5.11 Å². The van der Waals surface area contributed by atoms with Gasteiger partial charge in [-0.25, -0.2) is 9.67 Å². The molecule has 3 atom stereocenters. The minimum Gasteiger partial charge on any atom is -0.507 e. The van der Waals surface area contributed by atoms with E-state index >= 15 is 0 Å². The van der Waals surface area contributed by atoms with Crippen LogP contribution in [0.25, 0.3) is 17.1 Å². The first-order valence-electron chi connectivity index (χ1n) is 11.9. The van der Waals surface area contributed by atoms with Gasteiger partial charge in [0.25, 0.3) is 0 Å². The minimum atomic E-state index is 0.0132. The predicted molar refractivity (Wildman–Crippen MR) is 124 cm³/mol. The Kier molecular flexibility index (Phi) is 4.95. The van der Waals surface area contributed by atoms with Crippen LogP contribution in [-0.4, -0.2) is 58.9 Å². The fourth-order valence-electron chi connectivity index (χ4n) is 5.69. The summed E-state index contributed by atoms with van der Waals surface area (Å²) >= 11 is 0. The first-order valence-corrected chi connectivity index (χ1v) is 11.9. The first kappa shape index (κ1) is 21.0. The zero-order valence-electron chi connectivity index (χ0n) is 19.1. The zero-order chi connectivity index (χ0) is 23.3. The van der Waals surface area contributed by atoms with Crippen LogP contribution in [0.15, 0.2) is 30.6 Å². The van der Waals surface area contributed by atoms with Gasteiger partial charge in [0.2, 0.25) is 0 Å². The highest BCUT2D eigenvalue weighted by Crippen LogP contribution is 2.41. The summed E-state index contributed by atoms with van der Waals surface area (Å²) in [6, 6.07) is 8.52. The van der Waals surface area contributed by atoms with E-state index in [1.165, 1.54) is 43.0 Å². The van der Waals surface area contributed by atoms with Crippen molar-refractivity contribution >= 4 is 5.82 Å². The van der Waals surface area contributed by atoms with Crippen LogP contribution in [0.1, 0.15) is 57.6 Å². The molecule has 0 amide bonds. The normalized spacial score (nSPS) is 26.1. The fraction of sp³-hybridized carbons (Fsp3) is 0.500. The van der Waals surface area contributed by atoms with E-state index in [-0.39, 0.29) is 17.0 Å². The van der Waals surface area contributed by atoms with Crippen LogP contribution in [-0.2, 0) is 0 Å². The number of nitriles is 1. The van der Waals surface area contributed by atoms with Crippen molar-refractivity contribution in [2.24, 2.45) is 0 Å². The van der Waals surface area contributed by atoms with Gasteiger partial charge in [0.15, 0.2) is 17.3 Å². The highest BCUT2D eigenvalue weighted by molar-refractivity contribution is 5.66. The molecule has 1 saturated carbocycles. The van der Waals surface area contributed by atoms with Gasteiger partial charge in [-0.05, 0) is 57.6 Å². The number of piperidine rings is 2.